The van der Waals surface area contributed by atoms with E-state index in [0.717, 1.165) is 0 Å². The van der Waals surface area contributed by atoms with Crippen LogP contribution < -0.4 is 10.2 Å². The van der Waals surface area contributed by atoms with Gasteiger partial charge in [-0.25, -0.2) is 0 Å². The van der Waals surface area contributed by atoms with Crippen molar-refractivity contribution in [1.82, 2.24) is 0 Å². The number of hydrogen-bond acceptors (Lipinski definition) is 4. The van der Waals surface area contributed by atoms with Crippen LogP contribution in [0, 0.1) is 6.92 Å². The lowest BCUT2D eigenvalue weighted by molar-refractivity contribution is 0.407. The Hall–Kier alpha value is -1.97. The van der Waals surface area contributed by atoms with E-state index < -0.39 is 0 Å². The molecule has 0 amide bonds. The highest BCUT2D eigenvalue weighted by Gasteiger charge is 2.10. The molecule has 0 aliphatic heterocycles. The molecular formula is C11H10O4. The smallest absolute Gasteiger partial charge is 0.199 e. The van der Waals surface area contributed by atoms with E-state index in [1.807, 2.05) is 0 Å². The van der Waals surface area contributed by atoms with Gasteiger partial charge in [0.1, 0.15) is 22.5 Å². The van der Waals surface area contributed by atoms with Crippen LogP contribution in [0.5, 0.6) is 11.5 Å². The molecule has 4 heteroatoms. The van der Waals surface area contributed by atoms with Crippen molar-refractivity contribution in [3.63, 3.8) is 0 Å². The molecule has 0 aliphatic carbocycles. The summed E-state index contributed by atoms with van der Waals surface area (Å²) in [5.74, 6) is 0.328. The zero-order valence-electron chi connectivity index (χ0n) is 8.40. The number of aromatic hydroxyl groups is 1. The Morgan fingerprint density at radius 1 is 1.40 bits per heavy atom. The summed E-state index contributed by atoms with van der Waals surface area (Å²) in [7, 11) is 1.48. The maximum Gasteiger partial charge on any atom is 0.199 e. The Labute approximate surface area is 85.7 Å². The normalized spacial score (nSPS) is 10.5. The average molecular weight is 206 g/mol. The van der Waals surface area contributed by atoms with E-state index in [1.165, 1.54) is 19.4 Å². The Balaban J connectivity index is 2.92. The van der Waals surface area contributed by atoms with Gasteiger partial charge in [0.05, 0.1) is 13.4 Å². The molecular weight excluding hydrogens is 196 g/mol. The topological polar surface area (TPSA) is 59.7 Å². The van der Waals surface area contributed by atoms with Gasteiger partial charge in [0.15, 0.2) is 5.43 Å². The SMILES string of the molecule is COc1cc(O)c2c(=O)c(C)coc2c1. The average Bonchev–Trinajstić information content (AvgIpc) is 2.23. The zero-order chi connectivity index (χ0) is 11.0. The molecule has 4 nitrogen and oxygen atoms in total. The Morgan fingerprint density at radius 3 is 2.80 bits per heavy atom. The summed E-state index contributed by atoms with van der Waals surface area (Å²) < 4.78 is 10.2. The molecule has 1 aromatic heterocycles. The molecule has 1 N–H and O–H groups in total. The summed E-state index contributed by atoms with van der Waals surface area (Å²) >= 11 is 0. The lowest BCUT2D eigenvalue weighted by atomic mass is 10.1. The fraction of sp³-hybridized carbons (Fsp3) is 0.182. The highest BCUT2D eigenvalue weighted by Crippen LogP contribution is 2.27. The predicted octanol–water partition coefficient (Wildman–Crippen LogP) is 1.82. The maximum absolute atomic E-state index is 11.7. The molecule has 78 valence electrons. The van der Waals surface area contributed by atoms with Crippen molar-refractivity contribution >= 4 is 11.0 Å². The van der Waals surface area contributed by atoms with E-state index >= 15 is 0 Å². The second-order valence-corrected chi connectivity index (χ2v) is 3.27. The summed E-state index contributed by atoms with van der Waals surface area (Å²) in [6.07, 6.45) is 1.36. The number of methoxy groups -OCH3 is 1. The molecule has 2 aromatic rings. The fourth-order valence-corrected chi connectivity index (χ4v) is 1.42. The van der Waals surface area contributed by atoms with Gasteiger partial charge in [0.25, 0.3) is 0 Å². The van der Waals surface area contributed by atoms with Gasteiger partial charge in [-0.3, -0.25) is 4.79 Å². The van der Waals surface area contributed by atoms with E-state index in [4.69, 9.17) is 9.15 Å². The van der Waals surface area contributed by atoms with Crippen LogP contribution in [-0.4, -0.2) is 12.2 Å². The first-order valence-corrected chi connectivity index (χ1v) is 4.42. The molecule has 0 saturated heterocycles. The van der Waals surface area contributed by atoms with Crippen molar-refractivity contribution in [2.24, 2.45) is 0 Å². The number of phenols is 1. The van der Waals surface area contributed by atoms with E-state index in [9.17, 15) is 9.90 Å². The van der Waals surface area contributed by atoms with Gasteiger partial charge in [0.2, 0.25) is 0 Å². The largest absolute Gasteiger partial charge is 0.507 e. The highest BCUT2D eigenvalue weighted by atomic mass is 16.5. The number of benzene rings is 1. The number of hydrogen-bond donors (Lipinski definition) is 1. The van der Waals surface area contributed by atoms with Gasteiger partial charge in [-0.15, -0.1) is 0 Å². The predicted molar refractivity (Wildman–Crippen MR) is 55.4 cm³/mol. The molecule has 0 atom stereocenters. The third kappa shape index (κ3) is 1.44. The first kappa shape index (κ1) is 9.58. The van der Waals surface area contributed by atoms with Crippen molar-refractivity contribution in [2.75, 3.05) is 7.11 Å². The minimum absolute atomic E-state index is 0.123. The van der Waals surface area contributed by atoms with Gasteiger partial charge < -0.3 is 14.3 Å². The first-order valence-electron chi connectivity index (χ1n) is 4.42. The van der Waals surface area contributed by atoms with Crippen LogP contribution >= 0.6 is 0 Å². The Morgan fingerprint density at radius 2 is 2.13 bits per heavy atom. The summed E-state index contributed by atoms with van der Waals surface area (Å²) in [5, 5.41) is 9.84. The quantitative estimate of drug-likeness (QED) is 0.773. The molecule has 0 unspecified atom stereocenters. The van der Waals surface area contributed by atoms with Crippen molar-refractivity contribution < 1.29 is 14.3 Å². The van der Waals surface area contributed by atoms with Crippen LogP contribution in [0.3, 0.4) is 0 Å². The molecule has 15 heavy (non-hydrogen) atoms. The third-order valence-corrected chi connectivity index (χ3v) is 2.24. The van der Waals surface area contributed by atoms with Crippen molar-refractivity contribution in [3.8, 4) is 11.5 Å². The maximum atomic E-state index is 11.7. The fourth-order valence-electron chi connectivity index (χ4n) is 1.42. The second kappa shape index (κ2) is 3.31. The molecule has 0 fully saturated rings. The van der Waals surface area contributed by atoms with Gasteiger partial charge in [0, 0.05) is 17.7 Å². The summed E-state index contributed by atoms with van der Waals surface area (Å²) in [5.41, 5.74) is 0.557. The second-order valence-electron chi connectivity index (χ2n) is 3.27. The van der Waals surface area contributed by atoms with Crippen LogP contribution in [0.25, 0.3) is 11.0 Å². The Kier molecular flexibility index (Phi) is 2.11. The molecule has 0 aliphatic rings. The van der Waals surface area contributed by atoms with Crippen LogP contribution in [-0.2, 0) is 0 Å². The minimum Gasteiger partial charge on any atom is -0.507 e. The van der Waals surface area contributed by atoms with Crippen LogP contribution in [0.2, 0.25) is 0 Å². The standard InChI is InChI=1S/C11H10O4/c1-6-5-15-9-4-7(14-2)3-8(12)10(9)11(6)13/h3-5,12H,1-2H3. The number of ether oxygens (including phenoxy) is 1. The highest BCUT2D eigenvalue weighted by molar-refractivity contribution is 5.84. The zero-order valence-corrected chi connectivity index (χ0v) is 8.40. The monoisotopic (exact) mass is 206 g/mol. The number of rotatable bonds is 1. The van der Waals surface area contributed by atoms with Gasteiger partial charge in [-0.1, -0.05) is 0 Å². The van der Waals surface area contributed by atoms with E-state index in [1.54, 1.807) is 13.0 Å². The van der Waals surface area contributed by atoms with Gasteiger partial charge in [-0.05, 0) is 6.92 Å². The number of aryl methyl sites for hydroxylation is 1. The first-order chi connectivity index (χ1) is 7.13. The number of phenolic OH excluding ortho intramolecular Hbond substituents is 1. The van der Waals surface area contributed by atoms with Crippen molar-refractivity contribution in [1.29, 1.82) is 0 Å². The molecule has 0 bridgehead atoms. The summed E-state index contributed by atoms with van der Waals surface area (Å²) in [4.78, 5) is 11.7. The lowest BCUT2D eigenvalue weighted by Gasteiger charge is -2.04. The van der Waals surface area contributed by atoms with Crippen molar-refractivity contribution in [3.05, 3.63) is 34.2 Å². The molecule has 0 saturated carbocycles. The van der Waals surface area contributed by atoms with Crippen LogP contribution in [0.15, 0.2) is 27.6 Å². The minimum atomic E-state index is -0.226. The Bertz CT molecular complexity index is 569. The van der Waals surface area contributed by atoms with Crippen molar-refractivity contribution in [2.45, 2.75) is 6.92 Å². The van der Waals surface area contributed by atoms with Gasteiger partial charge >= 0.3 is 0 Å². The van der Waals surface area contributed by atoms with E-state index in [-0.39, 0.29) is 16.6 Å². The molecule has 0 spiro atoms. The third-order valence-electron chi connectivity index (χ3n) is 2.24. The molecule has 1 aromatic carbocycles. The lowest BCUT2D eigenvalue weighted by Crippen LogP contribution is -2.04. The van der Waals surface area contributed by atoms with Crippen LogP contribution in [0.4, 0.5) is 0 Å². The summed E-state index contributed by atoms with van der Waals surface area (Å²) in [6.45, 7) is 1.63. The van der Waals surface area contributed by atoms with E-state index in [2.05, 4.69) is 0 Å². The van der Waals surface area contributed by atoms with Gasteiger partial charge in [-0.2, -0.15) is 0 Å². The summed E-state index contributed by atoms with van der Waals surface area (Å²) in [6, 6.07) is 2.95. The molecule has 0 radical (unpaired) electrons. The van der Waals surface area contributed by atoms with Crippen LogP contribution in [0.1, 0.15) is 5.56 Å². The molecule has 2 rings (SSSR count). The van der Waals surface area contributed by atoms with E-state index in [0.29, 0.717) is 16.9 Å². The number of fused-ring (bicyclic) bond motifs is 1. The molecule has 1 heterocycles.